The van der Waals surface area contributed by atoms with E-state index in [2.05, 4.69) is 17.2 Å². The number of ether oxygens (including phenoxy) is 1. The minimum Gasteiger partial charge on any atom is -0.394 e. The van der Waals surface area contributed by atoms with Crippen molar-refractivity contribution in [1.29, 1.82) is 0 Å². The number of aliphatic hydroxyl groups is 1. The maximum atomic E-state index is 13.4. The van der Waals surface area contributed by atoms with Gasteiger partial charge in [-0.2, -0.15) is 5.10 Å². The number of nitrogens with zero attached hydrogens (tertiary/aromatic N) is 3. The van der Waals surface area contributed by atoms with Crippen LogP contribution in [0.1, 0.15) is 22.3 Å². The van der Waals surface area contributed by atoms with E-state index in [1.807, 2.05) is 53.4 Å². The lowest BCUT2D eigenvalue weighted by Crippen LogP contribution is -2.45. The number of morpholine rings is 1. The predicted octanol–water partition coefficient (Wildman–Crippen LogP) is 3.02. The fourth-order valence-corrected chi connectivity index (χ4v) is 3.93. The summed E-state index contributed by atoms with van der Waals surface area (Å²) >= 11 is 0. The largest absolute Gasteiger partial charge is 0.394 e. The number of benzene rings is 2. The zero-order chi connectivity index (χ0) is 20.8. The molecular formula is C24H27N3O3. The molecule has 1 amide bonds. The van der Waals surface area contributed by atoms with Gasteiger partial charge in [0.15, 0.2) is 0 Å². The number of aromatic nitrogens is 2. The van der Waals surface area contributed by atoms with Gasteiger partial charge in [0.2, 0.25) is 0 Å². The van der Waals surface area contributed by atoms with E-state index in [0.717, 1.165) is 24.1 Å². The van der Waals surface area contributed by atoms with Crippen LogP contribution in [0.5, 0.6) is 0 Å². The van der Waals surface area contributed by atoms with Gasteiger partial charge in [-0.3, -0.25) is 9.48 Å². The first kappa shape index (κ1) is 20.3. The molecule has 2 heterocycles. The molecule has 0 bridgehead atoms. The summed E-state index contributed by atoms with van der Waals surface area (Å²) in [6, 6.07) is 20.1. The maximum absolute atomic E-state index is 13.4. The van der Waals surface area contributed by atoms with Crippen LogP contribution in [-0.2, 0) is 17.7 Å². The second-order valence-corrected chi connectivity index (χ2v) is 7.49. The number of rotatable bonds is 7. The molecule has 1 N–H and O–H groups in total. The fourth-order valence-electron chi connectivity index (χ4n) is 3.93. The Bertz CT molecular complexity index is 956. The zero-order valence-electron chi connectivity index (χ0n) is 17.0. The van der Waals surface area contributed by atoms with E-state index >= 15 is 0 Å². The van der Waals surface area contributed by atoms with Crippen molar-refractivity contribution in [2.24, 2.45) is 0 Å². The van der Waals surface area contributed by atoms with Crippen molar-refractivity contribution in [3.8, 4) is 11.3 Å². The van der Waals surface area contributed by atoms with E-state index in [0.29, 0.717) is 31.8 Å². The summed E-state index contributed by atoms with van der Waals surface area (Å²) in [6.45, 7) is 2.00. The monoisotopic (exact) mass is 405 g/mol. The van der Waals surface area contributed by atoms with Gasteiger partial charge < -0.3 is 14.7 Å². The van der Waals surface area contributed by atoms with Crippen LogP contribution in [0.15, 0.2) is 66.9 Å². The molecule has 6 nitrogen and oxygen atoms in total. The van der Waals surface area contributed by atoms with Gasteiger partial charge in [0, 0.05) is 18.7 Å². The van der Waals surface area contributed by atoms with Crippen molar-refractivity contribution < 1.29 is 14.6 Å². The van der Waals surface area contributed by atoms with Crippen LogP contribution in [0.25, 0.3) is 11.3 Å². The summed E-state index contributed by atoms with van der Waals surface area (Å²) in [4.78, 5) is 15.3. The van der Waals surface area contributed by atoms with E-state index in [4.69, 9.17) is 4.74 Å². The summed E-state index contributed by atoms with van der Waals surface area (Å²) in [7, 11) is 0. The van der Waals surface area contributed by atoms with Crippen LogP contribution >= 0.6 is 0 Å². The molecule has 1 aromatic heterocycles. The first-order valence-corrected chi connectivity index (χ1v) is 10.4. The van der Waals surface area contributed by atoms with Crippen molar-refractivity contribution >= 4 is 5.91 Å². The van der Waals surface area contributed by atoms with Gasteiger partial charge in [-0.25, -0.2) is 0 Å². The van der Waals surface area contributed by atoms with E-state index in [1.54, 1.807) is 10.9 Å². The molecule has 1 aliphatic rings. The first-order valence-electron chi connectivity index (χ1n) is 10.4. The predicted molar refractivity (Wildman–Crippen MR) is 115 cm³/mol. The Morgan fingerprint density at radius 2 is 1.83 bits per heavy atom. The van der Waals surface area contributed by atoms with Crippen molar-refractivity contribution in [1.82, 2.24) is 14.7 Å². The lowest BCUT2D eigenvalue weighted by Gasteiger charge is -2.33. The molecule has 0 radical (unpaired) electrons. The molecule has 1 saturated heterocycles. The fraction of sp³-hybridized carbons (Fsp3) is 0.333. The number of aryl methyl sites for hydroxylation is 1. The summed E-state index contributed by atoms with van der Waals surface area (Å²) in [5.74, 6) is -0.0361. The minimum absolute atomic E-state index is 0.0237. The molecule has 2 aromatic carbocycles. The Morgan fingerprint density at radius 1 is 1.10 bits per heavy atom. The van der Waals surface area contributed by atoms with Crippen molar-refractivity contribution in [3.05, 3.63) is 78.0 Å². The molecule has 1 aliphatic heterocycles. The highest BCUT2D eigenvalue weighted by Gasteiger charge is 2.28. The number of carbonyl (C=O) groups excluding carboxylic acids is 1. The second-order valence-electron chi connectivity index (χ2n) is 7.49. The normalized spacial score (nSPS) is 16.6. The molecule has 6 heteroatoms. The molecule has 3 aromatic rings. The van der Waals surface area contributed by atoms with Gasteiger partial charge in [0.25, 0.3) is 5.91 Å². The minimum atomic E-state index is -0.0361. The van der Waals surface area contributed by atoms with Gasteiger partial charge >= 0.3 is 0 Å². The van der Waals surface area contributed by atoms with E-state index in [9.17, 15) is 9.90 Å². The lowest BCUT2D eigenvalue weighted by molar-refractivity contribution is -0.0245. The van der Waals surface area contributed by atoms with Crippen LogP contribution in [0.4, 0.5) is 0 Å². The standard InChI is InChI=1S/C24H27N3O3/c28-15-13-27-23(20-9-5-2-6-10-20)22(17-25-27)24(29)26-14-16-30-21(18-26)12-11-19-7-3-1-4-8-19/h1-10,17,21,28H,11-16,18H2/t21-/m0/s1. The van der Waals surface area contributed by atoms with Crippen molar-refractivity contribution in [3.63, 3.8) is 0 Å². The van der Waals surface area contributed by atoms with E-state index < -0.39 is 0 Å². The molecule has 0 saturated carbocycles. The van der Waals surface area contributed by atoms with Crippen molar-refractivity contribution in [2.45, 2.75) is 25.5 Å². The summed E-state index contributed by atoms with van der Waals surface area (Å²) in [6.07, 6.45) is 3.45. The average Bonchev–Trinajstić information content (AvgIpc) is 3.22. The molecule has 1 fully saturated rings. The van der Waals surface area contributed by atoms with Crippen LogP contribution < -0.4 is 0 Å². The van der Waals surface area contributed by atoms with Crippen molar-refractivity contribution in [2.75, 3.05) is 26.3 Å². The number of carbonyl (C=O) groups is 1. The smallest absolute Gasteiger partial charge is 0.257 e. The third-order valence-electron chi connectivity index (χ3n) is 5.45. The molecular weight excluding hydrogens is 378 g/mol. The van der Waals surface area contributed by atoms with Gasteiger partial charge in [-0.15, -0.1) is 0 Å². The van der Waals surface area contributed by atoms with Crippen LogP contribution in [0.3, 0.4) is 0 Å². The van der Waals surface area contributed by atoms with Crippen LogP contribution in [0, 0.1) is 0 Å². The molecule has 0 spiro atoms. The van der Waals surface area contributed by atoms with Crippen LogP contribution in [0.2, 0.25) is 0 Å². The highest BCUT2D eigenvalue weighted by Crippen LogP contribution is 2.26. The summed E-state index contributed by atoms with van der Waals surface area (Å²) in [5.41, 5.74) is 3.52. The molecule has 0 aliphatic carbocycles. The topological polar surface area (TPSA) is 67.6 Å². The third kappa shape index (κ3) is 4.61. The number of aliphatic hydroxyl groups excluding tert-OH is 1. The van der Waals surface area contributed by atoms with E-state index in [1.165, 1.54) is 5.56 Å². The molecule has 0 unspecified atom stereocenters. The SMILES string of the molecule is O=C(c1cnn(CCO)c1-c1ccccc1)N1CCO[C@@H](CCc2ccccc2)C1. The molecule has 1 atom stereocenters. The maximum Gasteiger partial charge on any atom is 0.257 e. The zero-order valence-corrected chi connectivity index (χ0v) is 17.0. The second kappa shape index (κ2) is 9.69. The van der Waals surface area contributed by atoms with Gasteiger partial charge in [0.1, 0.15) is 0 Å². The Morgan fingerprint density at radius 3 is 2.57 bits per heavy atom. The Labute approximate surface area is 176 Å². The Kier molecular flexibility index (Phi) is 6.57. The summed E-state index contributed by atoms with van der Waals surface area (Å²) in [5, 5.41) is 13.8. The Hall–Kier alpha value is -2.96. The molecule has 156 valence electrons. The third-order valence-corrected chi connectivity index (χ3v) is 5.45. The highest BCUT2D eigenvalue weighted by molar-refractivity contribution is 6.00. The first-order chi connectivity index (χ1) is 14.8. The highest BCUT2D eigenvalue weighted by atomic mass is 16.5. The summed E-state index contributed by atoms with van der Waals surface area (Å²) < 4.78 is 7.63. The van der Waals surface area contributed by atoms with Gasteiger partial charge in [0.05, 0.1) is 43.3 Å². The number of hydrogen-bond acceptors (Lipinski definition) is 4. The number of amides is 1. The van der Waals surface area contributed by atoms with Gasteiger partial charge in [-0.05, 0) is 18.4 Å². The molecule has 4 rings (SSSR count). The van der Waals surface area contributed by atoms with E-state index in [-0.39, 0.29) is 18.6 Å². The quantitative estimate of drug-likeness (QED) is 0.656. The number of hydrogen-bond donors (Lipinski definition) is 1. The Balaban J connectivity index is 1.50. The lowest BCUT2D eigenvalue weighted by atomic mass is 10.0. The molecule has 30 heavy (non-hydrogen) atoms. The van der Waals surface area contributed by atoms with Gasteiger partial charge in [-0.1, -0.05) is 60.7 Å². The average molecular weight is 405 g/mol. The van der Waals surface area contributed by atoms with Crippen LogP contribution in [-0.4, -0.2) is 58.1 Å².